The van der Waals surface area contributed by atoms with Crippen LogP contribution in [0.15, 0.2) is 36.4 Å². The Balaban J connectivity index is 2.44. The largest absolute Gasteiger partial charge is 0.456 e. The maximum Gasteiger partial charge on any atom is 0.140 e. The van der Waals surface area contributed by atoms with Crippen LogP contribution in [0.3, 0.4) is 0 Å². The minimum absolute atomic E-state index is 0.0159. The van der Waals surface area contributed by atoms with Gasteiger partial charge in [0.05, 0.1) is 5.56 Å². The van der Waals surface area contributed by atoms with Crippen LogP contribution in [0.4, 0.5) is 4.39 Å². The molecule has 2 rings (SSSR count). The number of benzene rings is 2. The van der Waals surface area contributed by atoms with Crippen LogP contribution in [0.25, 0.3) is 0 Å². The fourth-order valence-corrected chi connectivity index (χ4v) is 2.06. The molecule has 0 spiro atoms. The van der Waals surface area contributed by atoms with Crippen LogP contribution in [0.2, 0.25) is 0 Å². The molecule has 19 heavy (non-hydrogen) atoms. The van der Waals surface area contributed by atoms with Crippen molar-refractivity contribution < 1.29 is 9.13 Å². The number of rotatable bonds is 3. The second kappa shape index (κ2) is 5.36. The average Bonchev–Trinajstić information content (AvgIpc) is 2.32. The Kier molecular flexibility index (Phi) is 3.81. The normalized spacial score (nSPS) is 10.3. The third-order valence-electron chi connectivity index (χ3n) is 2.77. The van der Waals surface area contributed by atoms with Crippen LogP contribution in [-0.2, 0) is 0 Å². The maximum atomic E-state index is 13.7. The second-order valence-corrected chi connectivity index (χ2v) is 4.79. The molecule has 0 saturated heterocycles. The predicted molar refractivity (Wildman–Crippen MR) is 78.3 cm³/mol. The third-order valence-corrected chi connectivity index (χ3v) is 2.98. The van der Waals surface area contributed by atoms with E-state index in [9.17, 15) is 4.39 Å². The Morgan fingerprint density at radius 2 is 1.89 bits per heavy atom. The molecule has 4 heteroatoms. The molecule has 0 fully saturated rings. The molecule has 0 heterocycles. The highest BCUT2D eigenvalue weighted by Gasteiger charge is 2.13. The van der Waals surface area contributed by atoms with Gasteiger partial charge in [-0.15, -0.1) is 0 Å². The van der Waals surface area contributed by atoms with Gasteiger partial charge >= 0.3 is 0 Å². The summed E-state index contributed by atoms with van der Waals surface area (Å²) >= 11 is 4.86. The van der Waals surface area contributed by atoms with Gasteiger partial charge in [-0.2, -0.15) is 0 Å². The molecule has 0 aliphatic rings. The summed E-state index contributed by atoms with van der Waals surface area (Å²) in [6, 6.07) is 10.3. The van der Waals surface area contributed by atoms with Crippen molar-refractivity contribution in [3.05, 3.63) is 58.9 Å². The number of hydrogen-bond donors (Lipinski definition) is 1. The summed E-state index contributed by atoms with van der Waals surface area (Å²) in [5, 5.41) is 0. The van der Waals surface area contributed by atoms with E-state index in [-0.39, 0.29) is 10.6 Å². The summed E-state index contributed by atoms with van der Waals surface area (Å²) in [7, 11) is 0. The molecule has 0 aromatic heterocycles. The third kappa shape index (κ3) is 2.90. The van der Waals surface area contributed by atoms with E-state index >= 15 is 0 Å². The summed E-state index contributed by atoms with van der Waals surface area (Å²) in [6.07, 6.45) is 0. The van der Waals surface area contributed by atoms with Crippen LogP contribution in [-0.4, -0.2) is 4.99 Å². The lowest BCUT2D eigenvalue weighted by Crippen LogP contribution is -2.13. The zero-order chi connectivity index (χ0) is 14.0. The number of hydrogen-bond acceptors (Lipinski definition) is 2. The fraction of sp³-hybridized carbons (Fsp3) is 0.133. The van der Waals surface area contributed by atoms with E-state index in [1.807, 2.05) is 32.0 Å². The molecule has 2 N–H and O–H groups in total. The van der Waals surface area contributed by atoms with Crippen molar-refractivity contribution in [2.45, 2.75) is 13.8 Å². The summed E-state index contributed by atoms with van der Waals surface area (Å²) in [6.45, 7) is 3.93. The van der Waals surface area contributed by atoms with Gasteiger partial charge < -0.3 is 10.5 Å². The van der Waals surface area contributed by atoms with E-state index in [1.54, 1.807) is 12.1 Å². The van der Waals surface area contributed by atoms with Gasteiger partial charge in [-0.1, -0.05) is 36.0 Å². The lowest BCUT2D eigenvalue weighted by Gasteiger charge is -2.13. The zero-order valence-electron chi connectivity index (χ0n) is 10.7. The molecular weight excluding hydrogens is 261 g/mol. The summed E-state index contributed by atoms with van der Waals surface area (Å²) < 4.78 is 19.5. The van der Waals surface area contributed by atoms with Gasteiger partial charge in [0, 0.05) is 0 Å². The Bertz CT molecular complexity index is 640. The lowest BCUT2D eigenvalue weighted by molar-refractivity contribution is 0.471. The molecule has 2 nitrogen and oxygen atoms in total. The topological polar surface area (TPSA) is 35.2 Å². The number of ether oxygens (including phenoxy) is 1. The van der Waals surface area contributed by atoms with Crippen molar-refractivity contribution >= 4 is 17.2 Å². The van der Waals surface area contributed by atoms with Crippen molar-refractivity contribution in [2.24, 2.45) is 5.73 Å². The number of halogens is 1. The Hall–Kier alpha value is -1.94. The number of thiocarbonyl (C=S) groups is 1. The number of nitrogens with two attached hydrogens (primary N) is 1. The number of aryl methyl sites for hydroxylation is 2. The molecule has 98 valence electrons. The minimum Gasteiger partial charge on any atom is -0.456 e. The van der Waals surface area contributed by atoms with Gasteiger partial charge in [-0.3, -0.25) is 0 Å². The Labute approximate surface area is 117 Å². The molecule has 0 atom stereocenters. The summed E-state index contributed by atoms with van der Waals surface area (Å²) in [4.78, 5) is -0.0159. The van der Waals surface area contributed by atoms with E-state index in [1.165, 1.54) is 6.07 Å². The van der Waals surface area contributed by atoms with Crippen LogP contribution in [0.5, 0.6) is 11.5 Å². The molecule has 2 aromatic rings. The van der Waals surface area contributed by atoms with Gasteiger partial charge in [0.15, 0.2) is 0 Å². The van der Waals surface area contributed by atoms with Crippen molar-refractivity contribution in [1.82, 2.24) is 0 Å². The van der Waals surface area contributed by atoms with Crippen LogP contribution < -0.4 is 10.5 Å². The van der Waals surface area contributed by atoms with Gasteiger partial charge in [0.2, 0.25) is 0 Å². The average molecular weight is 275 g/mol. The highest BCUT2D eigenvalue weighted by Crippen LogP contribution is 2.29. The lowest BCUT2D eigenvalue weighted by atomic mass is 10.1. The first-order valence-electron chi connectivity index (χ1n) is 5.82. The van der Waals surface area contributed by atoms with E-state index in [2.05, 4.69) is 0 Å². The van der Waals surface area contributed by atoms with Crippen LogP contribution >= 0.6 is 12.2 Å². The van der Waals surface area contributed by atoms with Crippen molar-refractivity contribution in [3.63, 3.8) is 0 Å². The molecule has 2 aromatic carbocycles. The highest BCUT2D eigenvalue weighted by atomic mass is 32.1. The molecule has 0 saturated carbocycles. The van der Waals surface area contributed by atoms with Gasteiger partial charge in [0.1, 0.15) is 22.3 Å². The van der Waals surface area contributed by atoms with Gasteiger partial charge in [0.25, 0.3) is 0 Å². The van der Waals surface area contributed by atoms with Crippen molar-refractivity contribution in [1.29, 1.82) is 0 Å². The van der Waals surface area contributed by atoms with E-state index in [0.717, 1.165) is 11.1 Å². The van der Waals surface area contributed by atoms with Crippen molar-refractivity contribution in [2.75, 3.05) is 0 Å². The highest BCUT2D eigenvalue weighted by molar-refractivity contribution is 7.80. The minimum atomic E-state index is -0.477. The van der Waals surface area contributed by atoms with E-state index in [0.29, 0.717) is 11.5 Å². The first-order chi connectivity index (χ1) is 8.99. The molecule has 0 aliphatic carbocycles. The molecule has 0 aliphatic heterocycles. The predicted octanol–water partition coefficient (Wildman–Crippen LogP) is 3.87. The summed E-state index contributed by atoms with van der Waals surface area (Å²) in [5.74, 6) is 0.517. The SMILES string of the molecule is Cc1ccc(Oc2cccc(F)c2C(N)=S)c(C)c1. The zero-order valence-corrected chi connectivity index (χ0v) is 11.6. The van der Waals surface area contributed by atoms with Crippen molar-refractivity contribution in [3.8, 4) is 11.5 Å². The first kappa shape index (κ1) is 13.5. The fourth-order valence-electron chi connectivity index (χ4n) is 1.86. The Morgan fingerprint density at radius 3 is 2.53 bits per heavy atom. The Morgan fingerprint density at radius 1 is 1.16 bits per heavy atom. The van der Waals surface area contributed by atoms with E-state index in [4.69, 9.17) is 22.7 Å². The monoisotopic (exact) mass is 275 g/mol. The van der Waals surface area contributed by atoms with Gasteiger partial charge in [-0.05, 0) is 37.6 Å². The second-order valence-electron chi connectivity index (χ2n) is 4.35. The molecule has 0 bridgehead atoms. The summed E-state index contributed by atoms with van der Waals surface area (Å²) in [5.41, 5.74) is 7.79. The first-order valence-corrected chi connectivity index (χ1v) is 6.23. The molecule has 0 unspecified atom stereocenters. The molecule has 0 radical (unpaired) electrons. The smallest absolute Gasteiger partial charge is 0.140 e. The quantitative estimate of drug-likeness (QED) is 0.864. The van der Waals surface area contributed by atoms with Crippen LogP contribution in [0, 0.1) is 19.7 Å². The van der Waals surface area contributed by atoms with Gasteiger partial charge in [-0.25, -0.2) is 4.39 Å². The standard InChI is InChI=1S/C15H14FNOS/c1-9-6-7-12(10(2)8-9)18-13-5-3-4-11(16)14(13)15(17)19/h3-8H,1-2H3,(H2,17,19). The molecule has 0 amide bonds. The molecular formula is C15H14FNOS. The van der Waals surface area contributed by atoms with Crippen LogP contribution in [0.1, 0.15) is 16.7 Å². The maximum absolute atomic E-state index is 13.7. The van der Waals surface area contributed by atoms with E-state index < -0.39 is 5.82 Å².